The Hall–Kier alpha value is -5.86. The second kappa shape index (κ2) is 25.7. The van der Waals surface area contributed by atoms with Gasteiger partial charge in [-0.3, -0.25) is 9.80 Å². The summed E-state index contributed by atoms with van der Waals surface area (Å²) in [6.45, 7) is 14.6. The Kier molecular flexibility index (Phi) is 20.3. The van der Waals surface area contributed by atoms with E-state index in [4.69, 9.17) is 57.4 Å². The Morgan fingerprint density at radius 3 is 1.46 bits per heavy atom. The number of esters is 1. The van der Waals surface area contributed by atoms with E-state index < -0.39 is 46.6 Å². The van der Waals surface area contributed by atoms with E-state index in [-0.39, 0.29) is 74.5 Å². The smallest absolute Gasteiger partial charge is 0.373 e. The van der Waals surface area contributed by atoms with Gasteiger partial charge in [0.05, 0.1) is 42.4 Å². The number of hydrogen-bond donors (Lipinski definition) is 6. The van der Waals surface area contributed by atoms with Crippen molar-refractivity contribution in [2.24, 2.45) is 0 Å². The number of carbonyl (C=O) groups excluding carboxylic acids is 5. The topological polar surface area (TPSA) is 295 Å². The second-order valence-electron chi connectivity index (χ2n) is 22.8. The highest BCUT2D eigenvalue weighted by Gasteiger charge is 2.59. The first kappa shape index (κ1) is 62.3. The first-order valence-corrected chi connectivity index (χ1v) is 27.3. The van der Waals surface area contributed by atoms with E-state index in [0.29, 0.717) is 43.0 Å². The lowest BCUT2D eigenvalue weighted by molar-refractivity contribution is -0.193. The number of ether oxygens (including phenoxy) is 7. The lowest BCUT2D eigenvalue weighted by atomic mass is 9.77. The van der Waals surface area contributed by atoms with E-state index in [9.17, 15) is 35.1 Å². The quantitative estimate of drug-likeness (QED) is 0.125. The van der Waals surface area contributed by atoms with E-state index >= 15 is 0 Å². The van der Waals surface area contributed by atoms with Gasteiger partial charge in [0.2, 0.25) is 13.6 Å². The van der Waals surface area contributed by atoms with E-state index in [1.165, 1.54) is 16.7 Å². The fourth-order valence-electron chi connectivity index (χ4n) is 12.8. The summed E-state index contributed by atoms with van der Waals surface area (Å²) in [5.74, 6) is 2.42. The van der Waals surface area contributed by atoms with Crippen molar-refractivity contribution in [2.75, 3.05) is 54.0 Å². The van der Waals surface area contributed by atoms with Gasteiger partial charge in [-0.05, 0) is 189 Å². The summed E-state index contributed by atoms with van der Waals surface area (Å²) in [6, 6.07) is 8.30. The number of methoxy groups -OCH3 is 2. The molecule has 0 aromatic heterocycles. The van der Waals surface area contributed by atoms with Crippen molar-refractivity contribution in [2.45, 2.75) is 189 Å². The van der Waals surface area contributed by atoms with Crippen LogP contribution in [0.5, 0.6) is 23.0 Å². The molecule has 2 spiro atoms. The van der Waals surface area contributed by atoms with Crippen molar-refractivity contribution in [1.29, 1.82) is 0 Å². The Balaban J connectivity index is 0.000000200. The predicted molar refractivity (Wildman–Crippen MR) is 280 cm³/mol. The highest BCUT2D eigenvalue weighted by Crippen LogP contribution is 2.57. The number of fused-ring (bicyclic) bond motifs is 6. The van der Waals surface area contributed by atoms with Crippen LogP contribution in [-0.2, 0) is 55.8 Å². The molecule has 21 heteroatoms. The molecule has 2 saturated heterocycles. The Morgan fingerprint density at radius 2 is 1.04 bits per heavy atom. The number of nitrogens with zero attached hydrogens (tertiary/aromatic N) is 2. The third-order valence-corrected chi connectivity index (χ3v) is 16.9. The lowest BCUT2D eigenvalue weighted by Gasteiger charge is -2.39. The first-order valence-electron chi connectivity index (χ1n) is 27.3. The van der Waals surface area contributed by atoms with Crippen LogP contribution in [0.2, 0.25) is 0 Å². The summed E-state index contributed by atoms with van der Waals surface area (Å²) in [7, 11) is 3.26. The van der Waals surface area contributed by atoms with Crippen LogP contribution in [0.3, 0.4) is 0 Å². The molecular formula is C58H80N2O19. The van der Waals surface area contributed by atoms with Gasteiger partial charge in [0.1, 0.15) is 17.6 Å². The minimum Gasteiger partial charge on any atom is -0.499 e. The molecule has 0 unspecified atom stereocenters. The summed E-state index contributed by atoms with van der Waals surface area (Å²) in [6.07, 6.45) is 12.5. The van der Waals surface area contributed by atoms with E-state index in [1.54, 1.807) is 55.8 Å². The highest BCUT2D eigenvalue weighted by atomic mass is 16.7. The monoisotopic (exact) mass is 1110 g/mol. The van der Waals surface area contributed by atoms with Gasteiger partial charge in [-0.2, -0.15) is 19.2 Å². The largest absolute Gasteiger partial charge is 0.499 e. The molecule has 2 aliphatic carbocycles. The fourth-order valence-corrected chi connectivity index (χ4v) is 12.8. The number of carbonyl (C=O) groups is 2. The molecule has 0 radical (unpaired) electrons. The maximum atomic E-state index is 13.5. The number of carboxylic acid groups (broad SMARTS) is 1. The minimum absolute atomic E-state index is 0.00644. The summed E-state index contributed by atoms with van der Waals surface area (Å²) < 4.78 is 40.0. The van der Waals surface area contributed by atoms with Gasteiger partial charge < -0.3 is 63.8 Å². The number of aliphatic hydroxyl groups is 5. The molecule has 79 heavy (non-hydrogen) atoms. The Labute approximate surface area is 461 Å². The molecule has 2 aromatic rings. The third-order valence-electron chi connectivity index (χ3n) is 16.9. The number of benzene rings is 2. The molecule has 2 aromatic carbocycles. The zero-order chi connectivity index (χ0) is 58.1. The zero-order valence-corrected chi connectivity index (χ0v) is 46.8. The van der Waals surface area contributed by atoms with Crippen LogP contribution in [0.1, 0.15) is 153 Å². The van der Waals surface area contributed by atoms with Gasteiger partial charge in [0.25, 0.3) is 0 Å². The summed E-state index contributed by atoms with van der Waals surface area (Å²) in [4.78, 5) is 61.8. The molecular weight excluding hydrogens is 1030 g/mol. The van der Waals surface area contributed by atoms with Gasteiger partial charge in [-0.15, -0.1) is 0 Å². The summed E-state index contributed by atoms with van der Waals surface area (Å²) >= 11 is 0. The molecule has 0 bridgehead atoms. The lowest BCUT2D eigenvalue weighted by Crippen LogP contribution is -2.49. The maximum Gasteiger partial charge on any atom is 0.373 e. The Bertz CT molecular complexity index is 2600. The van der Waals surface area contributed by atoms with Crippen LogP contribution in [0.15, 0.2) is 47.9 Å². The van der Waals surface area contributed by atoms with Crippen molar-refractivity contribution in [3.05, 3.63) is 70.2 Å². The van der Waals surface area contributed by atoms with Crippen LogP contribution in [0, 0.1) is 0 Å². The van der Waals surface area contributed by atoms with Crippen molar-refractivity contribution < 1.29 is 92.6 Å². The number of aliphatic hydroxyl groups excluding tert-OH is 1. The summed E-state index contributed by atoms with van der Waals surface area (Å²) in [5, 5.41) is 60.1. The minimum atomic E-state index is -1.63. The van der Waals surface area contributed by atoms with E-state index in [0.717, 1.165) is 87.5 Å². The number of hydrogen-bond acceptors (Lipinski definition) is 20. The molecule has 10 rings (SSSR count). The maximum absolute atomic E-state index is 13.5. The van der Waals surface area contributed by atoms with Gasteiger partial charge in [-0.25, -0.2) is 9.59 Å². The molecule has 8 atom stereocenters. The van der Waals surface area contributed by atoms with Crippen molar-refractivity contribution in [3.8, 4) is 23.0 Å². The van der Waals surface area contributed by atoms with Crippen LogP contribution in [-0.4, -0.2) is 164 Å². The number of rotatable bonds is 15. The van der Waals surface area contributed by atoms with Crippen molar-refractivity contribution in [1.82, 2.24) is 9.80 Å². The van der Waals surface area contributed by atoms with Gasteiger partial charge in [0, 0.05) is 19.0 Å². The molecule has 8 aliphatic rings. The Morgan fingerprint density at radius 1 is 0.633 bits per heavy atom. The van der Waals surface area contributed by atoms with Crippen molar-refractivity contribution >= 4 is 24.2 Å². The highest BCUT2D eigenvalue weighted by molar-refractivity contribution is 5.80. The van der Waals surface area contributed by atoms with Crippen LogP contribution < -0.4 is 18.9 Å². The molecule has 0 saturated carbocycles. The summed E-state index contributed by atoms with van der Waals surface area (Å²) in [5.41, 5.74) is -0.648. The molecule has 0 amide bonds. The average molecular weight is 1110 g/mol. The van der Waals surface area contributed by atoms with E-state index in [2.05, 4.69) is 46.2 Å². The average Bonchev–Trinajstić information content (AvgIpc) is 4.43. The van der Waals surface area contributed by atoms with Gasteiger partial charge in [0.15, 0.2) is 40.3 Å². The molecule has 6 heterocycles. The molecule has 2 fully saturated rings. The van der Waals surface area contributed by atoms with Crippen LogP contribution >= 0.6 is 0 Å². The first-order chi connectivity index (χ1) is 37.4. The normalized spacial score (nSPS) is 26.1. The van der Waals surface area contributed by atoms with Gasteiger partial charge in [-0.1, -0.05) is 13.8 Å². The van der Waals surface area contributed by atoms with Crippen LogP contribution in [0.25, 0.3) is 0 Å². The molecule has 21 nitrogen and oxygen atoms in total. The SMILES string of the molecule is CC[C@](O)(CCCC(C)(C)O)C(=O)O.CC[C@](O)(CCCC(C)(C)O)C(=O)O[C@@H]1C(OC)=C[C@]23CCCN2CCc2cc4c(cc2[C@H]13)OCO4.COC1=C[C@]23CCCN2CCc2cc4c(cc2[C@@H]3[C@@H]1O)OCO4.O=C=O.O=C=O. The van der Waals surface area contributed by atoms with Crippen molar-refractivity contribution in [3.63, 3.8) is 0 Å². The number of aliphatic carboxylic acids is 1. The van der Waals surface area contributed by atoms with Crippen LogP contribution in [0.4, 0.5) is 0 Å². The molecule has 6 N–H and O–H groups in total. The zero-order valence-electron chi connectivity index (χ0n) is 46.8. The molecule has 436 valence electrons. The number of carboxylic acids is 1. The molecule has 6 aliphatic heterocycles. The standard InChI is InChI=1S/C28H39NO7.C18H21NO4.C10H20O4.2CO2/c1-5-28(32,11-6-9-26(2,3)31)25(30)36-24-22(33-4)16-27-10-7-12-29(27)13-8-18-14-20-21(35-17-34-20)15-19(18)23(24)27;1-21-15-9-18-4-2-5-19(18)6-3-11-7-13-14(23-10-22-13)8-12(11)16(18)17(15)20;1-4-10(14,8(11)12)7-5-6-9(2,3)13;2*2-1-3/h14-16,23-24,31-32H,5-13,17H2,1-4H3;7-9,16-17,20H,2-6,10H2,1H3;13-14H,4-7H2,1-3H3,(H,11,12);;/t23-,24-,27+,28+;16-,17-,18+;10-;;/m110../s1. The fraction of sp³-hybridized carbons (Fsp3) is 0.655. The van der Waals surface area contributed by atoms with Gasteiger partial charge >= 0.3 is 24.2 Å². The predicted octanol–water partition coefficient (Wildman–Crippen LogP) is 5.21. The van der Waals surface area contributed by atoms with E-state index in [1.807, 2.05) is 0 Å². The second-order valence-corrected chi connectivity index (χ2v) is 22.8. The third kappa shape index (κ3) is 13.5.